The van der Waals surface area contributed by atoms with Crippen molar-refractivity contribution in [1.29, 1.82) is 0 Å². The second-order valence-electron chi connectivity index (χ2n) is 6.48. The van der Waals surface area contributed by atoms with Gasteiger partial charge in [0.1, 0.15) is 18.7 Å². The minimum atomic E-state index is -0.225. The Morgan fingerprint density at radius 3 is 2.68 bits per heavy atom. The maximum absolute atomic E-state index is 12.9. The van der Waals surface area contributed by atoms with E-state index in [0.29, 0.717) is 18.7 Å². The standard InChI is InChI=1S/C17H20N6O2/c1-20-5-6-21-7-8-22(10-15(21)17(20)25)16(24)13-3-2-4-14(9-13)23-11-18-19-12-23/h2-4,9,11-12,15H,5-8,10H2,1H3/t15-/m0/s1. The Kier molecular flexibility index (Phi) is 3.96. The lowest BCUT2D eigenvalue weighted by Gasteiger charge is -2.45. The summed E-state index contributed by atoms with van der Waals surface area (Å²) < 4.78 is 1.76. The fourth-order valence-corrected chi connectivity index (χ4v) is 3.47. The highest BCUT2D eigenvalue weighted by molar-refractivity contribution is 5.95. The van der Waals surface area contributed by atoms with Crippen molar-refractivity contribution in [3.8, 4) is 5.69 Å². The van der Waals surface area contributed by atoms with E-state index < -0.39 is 0 Å². The second kappa shape index (κ2) is 6.29. The fourth-order valence-electron chi connectivity index (χ4n) is 3.47. The van der Waals surface area contributed by atoms with Crippen molar-refractivity contribution in [2.45, 2.75) is 6.04 Å². The molecule has 2 aromatic rings. The largest absolute Gasteiger partial charge is 0.343 e. The molecule has 1 aromatic carbocycles. The quantitative estimate of drug-likeness (QED) is 0.761. The number of carbonyl (C=O) groups is 2. The van der Waals surface area contributed by atoms with Crippen LogP contribution in [0.2, 0.25) is 0 Å². The number of piperazine rings is 2. The molecule has 1 aromatic heterocycles. The Balaban J connectivity index is 1.53. The van der Waals surface area contributed by atoms with E-state index in [1.165, 1.54) is 0 Å². The SMILES string of the molecule is CN1CCN2CCN(C(=O)c3cccc(-n4cnnc4)c3)C[C@H]2C1=O. The normalized spacial score (nSPS) is 21.3. The van der Waals surface area contributed by atoms with Crippen molar-refractivity contribution in [1.82, 2.24) is 29.5 Å². The molecule has 8 nitrogen and oxygen atoms in total. The molecule has 0 N–H and O–H groups in total. The van der Waals surface area contributed by atoms with Crippen LogP contribution in [0.15, 0.2) is 36.9 Å². The highest BCUT2D eigenvalue weighted by Crippen LogP contribution is 2.19. The molecule has 3 heterocycles. The molecule has 4 rings (SSSR count). The van der Waals surface area contributed by atoms with Gasteiger partial charge in [0.05, 0.1) is 0 Å². The molecule has 2 aliphatic heterocycles. The number of amides is 2. The van der Waals surface area contributed by atoms with E-state index >= 15 is 0 Å². The van der Waals surface area contributed by atoms with Gasteiger partial charge in [-0.15, -0.1) is 10.2 Å². The summed E-state index contributed by atoms with van der Waals surface area (Å²) in [5.41, 5.74) is 1.44. The van der Waals surface area contributed by atoms with Crippen molar-refractivity contribution >= 4 is 11.8 Å². The lowest BCUT2D eigenvalue weighted by Crippen LogP contribution is -2.64. The van der Waals surface area contributed by atoms with Crippen LogP contribution in [-0.2, 0) is 4.79 Å². The van der Waals surface area contributed by atoms with E-state index in [9.17, 15) is 9.59 Å². The fraction of sp³-hybridized carbons (Fsp3) is 0.412. The van der Waals surface area contributed by atoms with Gasteiger partial charge >= 0.3 is 0 Å². The summed E-state index contributed by atoms with van der Waals surface area (Å²) in [6.07, 6.45) is 3.19. The monoisotopic (exact) mass is 340 g/mol. The predicted octanol–water partition coefficient (Wildman–Crippen LogP) is -0.134. The van der Waals surface area contributed by atoms with Gasteiger partial charge in [0.25, 0.3) is 5.91 Å². The molecule has 0 spiro atoms. The van der Waals surface area contributed by atoms with E-state index in [1.54, 1.807) is 33.1 Å². The Labute approximate surface area is 145 Å². The first-order valence-corrected chi connectivity index (χ1v) is 8.37. The van der Waals surface area contributed by atoms with Crippen LogP contribution < -0.4 is 0 Å². The van der Waals surface area contributed by atoms with Gasteiger partial charge in [-0.25, -0.2) is 0 Å². The van der Waals surface area contributed by atoms with E-state index in [2.05, 4.69) is 15.1 Å². The summed E-state index contributed by atoms with van der Waals surface area (Å²) >= 11 is 0. The van der Waals surface area contributed by atoms with Crippen LogP contribution in [0.4, 0.5) is 0 Å². The topological polar surface area (TPSA) is 74.6 Å². The molecule has 0 radical (unpaired) electrons. The summed E-state index contributed by atoms with van der Waals surface area (Å²) in [7, 11) is 1.82. The van der Waals surface area contributed by atoms with Gasteiger partial charge in [-0.3, -0.25) is 19.1 Å². The zero-order valence-electron chi connectivity index (χ0n) is 14.1. The van der Waals surface area contributed by atoms with Gasteiger partial charge in [0, 0.05) is 51.0 Å². The number of nitrogens with zero attached hydrogens (tertiary/aromatic N) is 6. The van der Waals surface area contributed by atoms with E-state index in [4.69, 9.17) is 0 Å². The minimum Gasteiger partial charge on any atom is -0.343 e. The highest BCUT2D eigenvalue weighted by Gasteiger charge is 2.38. The van der Waals surface area contributed by atoms with Crippen LogP contribution in [0.25, 0.3) is 5.69 Å². The van der Waals surface area contributed by atoms with Gasteiger partial charge < -0.3 is 9.80 Å². The van der Waals surface area contributed by atoms with Crippen molar-refractivity contribution < 1.29 is 9.59 Å². The average molecular weight is 340 g/mol. The molecule has 0 aliphatic carbocycles. The van der Waals surface area contributed by atoms with Crippen molar-refractivity contribution in [2.75, 3.05) is 39.8 Å². The molecule has 25 heavy (non-hydrogen) atoms. The number of rotatable bonds is 2. The van der Waals surface area contributed by atoms with Gasteiger partial charge in [0.15, 0.2) is 0 Å². The average Bonchev–Trinajstić information content (AvgIpc) is 3.19. The first-order valence-electron chi connectivity index (χ1n) is 8.37. The molecule has 2 saturated heterocycles. The number of carbonyl (C=O) groups excluding carboxylic acids is 2. The Morgan fingerprint density at radius 2 is 1.88 bits per heavy atom. The lowest BCUT2D eigenvalue weighted by atomic mass is 10.1. The number of hydrogen-bond acceptors (Lipinski definition) is 5. The van der Waals surface area contributed by atoms with E-state index in [-0.39, 0.29) is 17.9 Å². The lowest BCUT2D eigenvalue weighted by molar-refractivity contribution is -0.142. The van der Waals surface area contributed by atoms with E-state index in [0.717, 1.165) is 25.3 Å². The van der Waals surface area contributed by atoms with Gasteiger partial charge in [-0.05, 0) is 18.2 Å². The third kappa shape index (κ3) is 2.89. The van der Waals surface area contributed by atoms with Crippen molar-refractivity contribution in [3.05, 3.63) is 42.5 Å². The molecular weight excluding hydrogens is 320 g/mol. The highest BCUT2D eigenvalue weighted by atomic mass is 16.2. The zero-order valence-corrected chi connectivity index (χ0v) is 14.1. The third-order valence-corrected chi connectivity index (χ3v) is 4.97. The Morgan fingerprint density at radius 1 is 1.12 bits per heavy atom. The van der Waals surface area contributed by atoms with Crippen LogP contribution in [0.3, 0.4) is 0 Å². The molecule has 8 heteroatoms. The number of benzene rings is 1. The smallest absolute Gasteiger partial charge is 0.254 e. The number of likely N-dealkylation sites (N-methyl/N-ethyl adjacent to an activating group) is 1. The van der Waals surface area contributed by atoms with Crippen molar-refractivity contribution in [2.24, 2.45) is 0 Å². The van der Waals surface area contributed by atoms with Gasteiger partial charge in [0.2, 0.25) is 5.91 Å². The zero-order chi connectivity index (χ0) is 17.4. The predicted molar refractivity (Wildman–Crippen MR) is 90.3 cm³/mol. The minimum absolute atomic E-state index is 0.0457. The summed E-state index contributed by atoms with van der Waals surface area (Å²) in [5, 5.41) is 7.59. The summed E-state index contributed by atoms with van der Waals surface area (Å²) in [6, 6.07) is 7.15. The summed E-state index contributed by atoms with van der Waals surface area (Å²) in [4.78, 5) is 31.0. The molecule has 130 valence electrons. The first kappa shape index (κ1) is 15.8. The maximum Gasteiger partial charge on any atom is 0.254 e. The molecular formula is C17H20N6O2. The second-order valence-corrected chi connectivity index (χ2v) is 6.48. The molecule has 1 atom stereocenters. The number of fused-ring (bicyclic) bond motifs is 1. The third-order valence-electron chi connectivity index (χ3n) is 4.97. The van der Waals surface area contributed by atoms with Crippen LogP contribution in [0, 0.1) is 0 Å². The van der Waals surface area contributed by atoms with Crippen molar-refractivity contribution in [3.63, 3.8) is 0 Å². The molecule has 0 unspecified atom stereocenters. The first-order chi connectivity index (χ1) is 12.1. The molecule has 2 aliphatic rings. The summed E-state index contributed by atoms with van der Waals surface area (Å²) in [5.74, 6) is 0.0533. The number of aromatic nitrogens is 3. The number of hydrogen-bond donors (Lipinski definition) is 0. The van der Waals surface area contributed by atoms with Crippen LogP contribution in [0.5, 0.6) is 0 Å². The van der Waals surface area contributed by atoms with Crippen LogP contribution in [-0.4, -0.2) is 87.1 Å². The van der Waals surface area contributed by atoms with Crippen LogP contribution in [0.1, 0.15) is 10.4 Å². The maximum atomic E-state index is 12.9. The Bertz CT molecular complexity index is 790. The van der Waals surface area contributed by atoms with Gasteiger partial charge in [-0.2, -0.15) is 0 Å². The summed E-state index contributed by atoms with van der Waals surface area (Å²) in [6.45, 7) is 3.45. The molecule has 0 bridgehead atoms. The Hall–Kier alpha value is -2.74. The molecule has 2 fully saturated rings. The molecule has 2 amide bonds. The molecule has 0 saturated carbocycles. The van der Waals surface area contributed by atoms with Gasteiger partial charge in [-0.1, -0.05) is 6.07 Å². The van der Waals surface area contributed by atoms with Crippen LogP contribution >= 0.6 is 0 Å². The van der Waals surface area contributed by atoms with E-state index in [1.807, 2.05) is 25.2 Å².